The maximum Gasteiger partial charge on any atom is 0.157 e. The molecule has 0 spiro atoms. The lowest BCUT2D eigenvalue weighted by Gasteiger charge is -2.32. The number of pyridine rings is 1. The summed E-state index contributed by atoms with van der Waals surface area (Å²) < 4.78 is 1.87. The van der Waals surface area contributed by atoms with E-state index >= 15 is 0 Å². The molecule has 108 valence electrons. The Morgan fingerprint density at radius 1 is 1.25 bits per heavy atom. The fourth-order valence-corrected chi connectivity index (χ4v) is 2.92. The summed E-state index contributed by atoms with van der Waals surface area (Å²) in [5, 5.41) is 7.81. The Balaban J connectivity index is 1.68. The third kappa shape index (κ3) is 2.77. The van der Waals surface area contributed by atoms with Gasteiger partial charge in [0.05, 0.1) is 0 Å². The topological polar surface area (TPSA) is 45.5 Å². The third-order valence-electron chi connectivity index (χ3n) is 4.12. The molecule has 0 radical (unpaired) electrons. The number of aromatic nitrogens is 3. The maximum absolute atomic E-state index is 4.28. The molecule has 1 saturated heterocycles. The van der Waals surface area contributed by atoms with Gasteiger partial charge >= 0.3 is 0 Å². The van der Waals surface area contributed by atoms with Crippen molar-refractivity contribution in [2.75, 3.05) is 25.0 Å². The standard InChI is InChI=1S/C15H23N5/c1-12-8-14(20-15(9-12)17-11-18-20)16-10-13(2)19-6-4-3-5-7-19/h8-9,11,13,16H,3-7,10H2,1-2H3. The summed E-state index contributed by atoms with van der Waals surface area (Å²) >= 11 is 0. The van der Waals surface area contributed by atoms with E-state index in [1.54, 1.807) is 6.33 Å². The first-order valence-electron chi connectivity index (χ1n) is 7.52. The predicted molar refractivity (Wildman–Crippen MR) is 81.1 cm³/mol. The molecule has 1 atom stereocenters. The van der Waals surface area contributed by atoms with Crippen LogP contribution < -0.4 is 5.32 Å². The number of fused-ring (bicyclic) bond motifs is 1. The van der Waals surface area contributed by atoms with Crippen LogP contribution in [0.1, 0.15) is 31.7 Å². The molecule has 0 amide bonds. The minimum absolute atomic E-state index is 0.550. The monoisotopic (exact) mass is 273 g/mol. The van der Waals surface area contributed by atoms with E-state index in [0.717, 1.165) is 18.0 Å². The number of rotatable bonds is 4. The van der Waals surface area contributed by atoms with E-state index in [9.17, 15) is 0 Å². The normalized spacial score (nSPS) is 18.3. The summed E-state index contributed by atoms with van der Waals surface area (Å²) in [6.07, 6.45) is 5.66. The van der Waals surface area contributed by atoms with Gasteiger partial charge in [0.2, 0.25) is 0 Å². The summed E-state index contributed by atoms with van der Waals surface area (Å²) in [5.74, 6) is 1.03. The Morgan fingerprint density at radius 2 is 2.05 bits per heavy atom. The largest absolute Gasteiger partial charge is 0.368 e. The van der Waals surface area contributed by atoms with Crippen LogP contribution in [0.5, 0.6) is 0 Å². The first-order valence-corrected chi connectivity index (χ1v) is 7.52. The van der Waals surface area contributed by atoms with Gasteiger partial charge in [0.15, 0.2) is 5.65 Å². The molecule has 3 rings (SSSR count). The van der Waals surface area contributed by atoms with Gasteiger partial charge in [0.25, 0.3) is 0 Å². The van der Waals surface area contributed by atoms with E-state index in [4.69, 9.17) is 0 Å². The molecule has 1 unspecified atom stereocenters. The summed E-state index contributed by atoms with van der Waals surface area (Å²) in [4.78, 5) is 6.83. The second kappa shape index (κ2) is 5.79. The van der Waals surface area contributed by atoms with Gasteiger partial charge in [-0.25, -0.2) is 4.98 Å². The van der Waals surface area contributed by atoms with Crippen LogP contribution in [-0.4, -0.2) is 45.2 Å². The van der Waals surface area contributed by atoms with Crippen LogP contribution in [0.15, 0.2) is 18.5 Å². The Labute approximate surface area is 120 Å². The summed E-state index contributed by atoms with van der Waals surface area (Å²) in [6, 6.07) is 4.73. The highest BCUT2D eigenvalue weighted by molar-refractivity contribution is 5.51. The zero-order valence-electron chi connectivity index (χ0n) is 12.3. The fourth-order valence-electron chi connectivity index (χ4n) is 2.92. The molecular weight excluding hydrogens is 250 g/mol. The highest BCUT2D eigenvalue weighted by Crippen LogP contribution is 2.15. The maximum atomic E-state index is 4.28. The molecule has 5 nitrogen and oxygen atoms in total. The molecule has 1 aliphatic heterocycles. The smallest absolute Gasteiger partial charge is 0.157 e. The summed E-state index contributed by atoms with van der Waals surface area (Å²) in [6.45, 7) is 7.80. The zero-order chi connectivity index (χ0) is 13.9. The van der Waals surface area contributed by atoms with Gasteiger partial charge in [0.1, 0.15) is 12.1 Å². The molecule has 0 aromatic carbocycles. The fraction of sp³-hybridized carbons (Fsp3) is 0.600. The minimum atomic E-state index is 0.550. The number of hydrogen-bond acceptors (Lipinski definition) is 4. The average Bonchev–Trinajstić information content (AvgIpc) is 2.93. The van der Waals surface area contributed by atoms with Crippen molar-refractivity contribution in [1.29, 1.82) is 0 Å². The number of piperidine rings is 1. The molecule has 2 aromatic rings. The van der Waals surface area contributed by atoms with Crippen LogP contribution >= 0.6 is 0 Å². The molecule has 0 bridgehead atoms. The van der Waals surface area contributed by atoms with Crippen LogP contribution in [0, 0.1) is 6.92 Å². The second-order valence-electron chi connectivity index (χ2n) is 5.77. The van der Waals surface area contributed by atoms with Crippen molar-refractivity contribution in [3.8, 4) is 0 Å². The molecule has 1 fully saturated rings. The molecule has 2 aromatic heterocycles. The van der Waals surface area contributed by atoms with Crippen LogP contribution in [0.4, 0.5) is 5.82 Å². The lowest BCUT2D eigenvalue weighted by atomic mass is 10.1. The first kappa shape index (κ1) is 13.4. The third-order valence-corrected chi connectivity index (χ3v) is 4.12. The number of anilines is 1. The van der Waals surface area contributed by atoms with Crippen LogP contribution in [0.2, 0.25) is 0 Å². The van der Waals surface area contributed by atoms with Gasteiger partial charge in [-0.1, -0.05) is 6.42 Å². The molecule has 20 heavy (non-hydrogen) atoms. The summed E-state index contributed by atoms with van der Waals surface area (Å²) in [5.41, 5.74) is 2.11. The number of nitrogens with one attached hydrogen (secondary N) is 1. The highest BCUT2D eigenvalue weighted by Gasteiger charge is 2.16. The molecule has 0 aliphatic carbocycles. The molecule has 1 aliphatic rings. The lowest BCUT2D eigenvalue weighted by molar-refractivity contribution is 0.180. The van der Waals surface area contributed by atoms with Crippen molar-refractivity contribution in [2.45, 2.75) is 39.2 Å². The number of aryl methyl sites for hydroxylation is 1. The Kier molecular flexibility index (Phi) is 3.87. The van der Waals surface area contributed by atoms with Gasteiger partial charge < -0.3 is 5.32 Å². The van der Waals surface area contributed by atoms with Gasteiger partial charge in [0, 0.05) is 12.6 Å². The number of hydrogen-bond donors (Lipinski definition) is 1. The predicted octanol–water partition coefficient (Wildman–Crippen LogP) is 2.32. The molecular formula is C15H23N5. The van der Waals surface area contributed by atoms with Gasteiger partial charge in [-0.15, -0.1) is 0 Å². The van der Waals surface area contributed by atoms with Crippen molar-refractivity contribution < 1.29 is 0 Å². The Bertz CT molecular complexity index is 571. The highest BCUT2D eigenvalue weighted by atomic mass is 15.3. The first-order chi connectivity index (χ1) is 9.74. The van der Waals surface area contributed by atoms with E-state index in [1.807, 2.05) is 10.6 Å². The van der Waals surface area contributed by atoms with Gasteiger partial charge in [-0.2, -0.15) is 9.61 Å². The van der Waals surface area contributed by atoms with Crippen molar-refractivity contribution in [3.63, 3.8) is 0 Å². The molecule has 5 heteroatoms. The summed E-state index contributed by atoms with van der Waals surface area (Å²) in [7, 11) is 0. The van der Waals surface area contributed by atoms with Crippen molar-refractivity contribution in [1.82, 2.24) is 19.5 Å². The van der Waals surface area contributed by atoms with Crippen LogP contribution in [0.3, 0.4) is 0 Å². The number of nitrogens with zero attached hydrogens (tertiary/aromatic N) is 4. The molecule has 1 N–H and O–H groups in total. The van der Waals surface area contributed by atoms with Gasteiger partial charge in [-0.05, 0) is 57.5 Å². The van der Waals surface area contributed by atoms with Crippen LogP contribution in [-0.2, 0) is 0 Å². The lowest BCUT2D eigenvalue weighted by Crippen LogP contribution is -2.41. The average molecular weight is 273 g/mol. The van der Waals surface area contributed by atoms with Crippen LogP contribution in [0.25, 0.3) is 5.65 Å². The van der Waals surface area contributed by atoms with E-state index < -0.39 is 0 Å². The van der Waals surface area contributed by atoms with E-state index in [2.05, 4.69) is 40.2 Å². The quantitative estimate of drug-likeness (QED) is 0.928. The van der Waals surface area contributed by atoms with E-state index in [1.165, 1.54) is 37.9 Å². The van der Waals surface area contributed by atoms with E-state index in [0.29, 0.717) is 6.04 Å². The molecule has 0 saturated carbocycles. The van der Waals surface area contributed by atoms with Gasteiger partial charge in [-0.3, -0.25) is 4.90 Å². The Hall–Kier alpha value is -1.62. The van der Waals surface area contributed by atoms with Crippen molar-refractivity contribution in [2.24, 2.45) is 0 Å². The zero-order valence-corrected chi connectivity index (χ0v) is 12.3. The Morgan fingerprint density at radius 3 is 2.85 bits per heavy atom. The van der Waals surface area contributed by atoms with Crippen molar-refractivity contribution >= 4 is 11.5 Å². The minimum Gasteiger partial charge on any atom is -0.368 e. The van der Waals surface area contributed by atoms with Crippen molar-refractivity contribution in [3.05, 3.63) is 24.0 Å². The SMILES string of the molecule is Cc1cc(NCC(C)N2CCCCC2)n2ncnc2c1. The molecule has 3 heterocycles. The van der Waals surface area contributed by atoms with E-state index in [-0.39, 0.29) is 0 Å². The second-order valence-corrected chi connectivity index (χ2v) is 5.77. The number of likely N-dealkylation sites (tertiary alicyclic amines) is 1.